The first-order valence-corrected chi connectivity index (χ1v) is 10.4. The summed E-state index contributed by atoms with van der Waals surface area (Å²) in [6, 6.07) is 9.20. The van der Waals surface area contributed by atoms with Gasteiger partial charge < -0.3 is 5.32 Å². The highest BCUT2D eigenvalue weighted by atomic mass is 35.5. The van der Waals surface area contributed by atoms with Gasteiger partial charge in [-0.15, -0.1) is 0 Å². The summed E-state index contributed by atoms with van der Waals surface area (Å²) in [4.78, 5) is 24.7. The Morgan fingerprint density at radius 2 is 1.89 bits per heavy atom. The van der Waals surface area contributed by atoms with Crippen molar-refractivity contribution in [1.82, 2.24) is 0 Å². The SMILES string of the molecule is Cc1c(Cl)cccc1NC(=O)c1ccc(N2C(=O)C(C)CS2(=O)=O)cc1Cl. The van der Waals surface area contributed by atoms with Crippen molar-refractivity contribution < 1.29 is 18.0 Å². The van der Waals surface area contributed by atoms with Gasteiger partial charge in [-0.05, 0) is 42.8 Å². The number of benzene rings is 2. The van der Waals surface area contributed by atoms with Gasteiger partial charge in [0, 0.05) is 10.7 Å². The van der Waals surface area contributed by atoms with Crippen LogP contribution in [0, 0.1) is 12.8 Å². The molecule has 0 saturated carbocycles. The zero-order valence-corrected chi connectivity index (χ0v) is 16.8. The van der Waals surface area contributed by atoms with E-state index in [1.165, 1.54) is 18.2 Å². The minimum Gasteiger partial charge on any atom is -0.322 e. The Labute approximate surface area is 167 Å². The van der Waals surface area contributed by atoms with Gasteiger partial charge in [0.2, 0.25) is 15.9 Å². The second-order valence-electron chi connectivity index (χ2n) is 6.31. The molecule has 0 aromatic heterocycles. The van der Waals surface area contributed by atoms with Crippen LogP contribution in [0.5, 0.6) is 0 Å². The first kappa shape index (κ1) is 19.7. The van der Waals surface area contributed by atoms with Crippen LogP contribution in [-0.4, -0.2) is 26.0 Å². The van der Waals surface area contributed by atoms with Crippen LogP contribution >= 0.6 is 23.2 Å². The summed E-state index contributed by atoms with van der Waals surface area (Å²) in [5.41, 5.74) is 1.52. The molecule has 2 aromatic rings. The molecule has 1 atom stereocenters. The first-order chi connectivity index (χ1) is 12.6. The molecule has 1 unspecified atom stereocenters. The summed E-state index contributed by atoms with van der Waals surface area (Å²) < 4.78 is 25.1. The van der Waals surface area contributed by atoms with E-state index >= 15 is 0 Å². The molecular weight excluding hydrogens is 411 g/mol. The van der Waals surface area contributed by atoms with Crippen LogP contribution in [-0.2, 0) is 14.8 Å². The minimum atomic E-state index is -3.74. The number of amides is 2. The third kappa shape index (κ3) is 3.67. The molecule has 0 spiro atoms. The van der Waals surface area contributed by atoms with Crippen molar-refractivity contribution in [3.8, 4) is 0 Å². The molecule has 0 bridgehead atoms. The van der Waals surface area contributed by atoms with Crippen molar-refractivity contribution in [2.75, 3.05) is 15.4 Å². The third-order valence-corrected chi connectivity index (χ3v) is 6.90. The van der Waals surface area contributed by atoms with Gasteiger partial charge in [-0.2, -0.15) is 0 Å². The van der Waals surface area contributed by atoms with Gasteiger partial charge in [-0.25, -0.2) is 12.7 Å². The summed E-state index contributed by atoms with van der Waals surface area (Å²) in [6.45, 7) is 3.32. The summed E-state index contributed by atoms with van der Waals surface area (Å²) in [5, 5.41) is 3.27. The molecule has 1 fully saturated rings. The fourth-order valence-corrected chi connectivity index (χ4v) is 5.08. The maximum Gasteiger partial charge on any atom is 0.257 e. The van der Waals surface area contributed by atoms with Crippen molar-refractivity contribution in [2.24, 2.45) is 5.92 Å². The average Bonchev–Trinajstić information content (AvgIpc) is 2.79. The van der Waals surface area contributed by atoms with Crippen molar-refractivity contribution in [3.05, 3.63) is 57.6 Å². The molecule has 0 aliphatic carbocycles. The monoisotopic (exact) mass is 426 g/mol. The molecule has 6 nitrogen and oxygen atoms in total. The molecule has 3 rings (SSSR count). The molecule has 2 aromatic carbocycles. The number of hydrogen-bond donors (Lipinski definition) is 1. The van der Waals surface area contributed by atoms with Gasteiger partial charge in [-0.1, -0.05) is 36.2 Å². The van der Waals surface area contributed by atoms with Gasteiger partial charge in [-0.3, -0.25) is 9.59 Å². The highest BCUT2D eigenvalue weighted by Crippen LogP contribution is 2.32. The maximum atomic E-state index is 12.5. The topological polar surface area (TPSA) is 83.6 Å². The third-order valence-electron chi connectivity index (χ3n) is 4.31. The molecule has 1 heterocycles. The van der Waals surface area contributed by atoms with E-state index in [4.69, 9.17) is 23.2 Å². The highest BCUT2D eigenvalue weighted by Gasteiger charge is 2.42. The molecule has 1 N–H and O–H groups in total. The number of carbonyl (C=O) groups excluding carboxylic acids is 2. The lowest BCUT2D eigenvalue weighted by Gasteiger charge is -2.17. The van der Waals surface area contributed by atoms with Crippen LogP contribution in [0.25, 0.3) is 0 Å². The molecule has 0 radical (unpaired) electrons. The highest BCUT2D eigenvalue weighted by molar-refractivity contribution is 7.94. The number of anilines is 2. The van der Waals surface area contributed by atoms with Crippen LogP contribution < -0.4 is 9.62 Å². The van der Waals surface area contributed by atoms with Crippen molar-refractivity contribution in [3.63, 3.8) is 0 Å². The number of hydrogen-bond acceptors (Lipinski definition) is 4. The van der Waals surface area contributed by atoms with E-state index in [9.17, 15) is 18.0 Å². The minimum absolute atomic E-state index is 0.0345. The van der Waals surface area contributed by atoms with Crippen LogP contribution in [0.15, 0.2) is 36.4 Å². The quantitative estimate of drug-likeness (QED) is 0.806. The van der Waals surface area contributed by atoms with E-state index in [2.05, 4.69) is 5.32 Å². The normalized spacial score (nSPS) is 18.6. The van der Waals surface area contributed by atoms with E-state index in [1.54, 1.807) is 32.0 Å². The van der Waals surface area contributed by atoms with Crippen LogP contribution in [0.3, 0.4) is 0 Å². The molecule has 1 aliphatic heterocycles. The lowest BCUT2D eigenvalue weighted by atomic mass is 10.1. The molecule has 1 aliphatic rings. The number of rotatable bonds is 3. The van der Waals surface area contributed by atoms with Gasteiger partial charge in [0.15, 0.2) is 0 Å². The van der Waals surface area contributed by atoms with Gasteiger partial charge in [0.25, 0.3) is 5.91 Å². The number of nitrogens with one attached hydrogen (secondary N) is 1. The molecule has 2 amide bonds. The number of nitrogens with zero attached hydrogens (tertiary/aromatic N) is 1. The lowest BCUT2D eigenvalue weighted by Crippen LogP contribution is -2.30. The van der Waals surface area contributed by atoms with E-state index in [-0.39, 0.29) is 22.0 Å². The Morgan fingerprint density at radius 1 is 1.19 bits per heavy atom. The summed E-state index contributed by atoms with van der Waals surface area (Å²) in [5.74, 6) is -1.86. The van der Waals surface area contributed by atoms with E-state index in [1.807, 2.05) is 0 Å². The van der Waals surface area contributed by atoms with Gasteiger partial charge >= 0.3 is 0 Å². The lowest BCUT2D eigenvalue weighted by molar-refractivity contribution is -0.119. The Bertz CT molecular complexity index is 1050. The van der Waals surface area contributed by atoms with Crippen molar-refractivity contribution in [2.45, 2.75) is 13.8 Å². The Hall–Kier alpha value is -2.09. The Morgan fingerprint density at radius 3 is 2.48 bits per heavy atom. The number of sulfonamides is 1. The smallest absolute Gasteiger partial charge is 0.257 e. The molecule has 27 heavy (non-hydrogen) atoms. The standard InChI is InChI=1S/C18H16Cl2N2O4S/c1-10-9-27(25,26)22(18(10)24)12-6-7-13(15(20)8-12)17(23)21-16-5-3-4-14(19)11(16)2/h3-8,10H,9H2,1-2H3,(H,21,23). The molecule has 1 saturated heterocycles. The Balaban J connectivity index is 1.90. The van der Waals surface area contributed by atoms with Gasteiger partial charge in [0.05, 0.1) is 27.9 Å². The number of carbonyl (C=O) groups is 2. The summed E-state index contributed by atoms with van der Waals surface area (Å²) in [7, 11) is -3.74. The van der Waals surface area contributed by atoms with E-state index in [0.29, 0.717) is 16.3 Å². The Kier molecular flexibility index (Phi) is 5.20. The predicted octanol–water partition coefficient (Wildman–Crippen LogP) is 3.87. The van der Waals surface area contributed by atoms with Crippen molar-refractivity contribution in [1.29, 1.82) is 0 Å². The fraction of sp³-hybridized carbons (Fsp3) is 0.222. The number of halogens is 2. The van der Waals surface area contributed by atoms with Crippen LogP contribution in [0.4, 0.5) is 11.4 Å². The largest absolute Gasteiger partial charge is 0.322 e. The maximum absolute atomic E-state index is 12.5. The summed E-state index contributed by atoms with van der Waals surface area (Å²) in [6.07, 6.45) is 0. The molecule has 9 heteroatoms. The predicted molar refractivity (Wildman–Crippen MR) is 106 cm³/mol. The van der Waals surface area contributed by atoms with Crippen LogP contribution in [0.1, 0.15) is 22.8 Å². The second-order valence-corrected chi connectivity index (χ2v) is 8.99. The zero-order chi connectivity index (χ0) is 19.9. The van der Waals surface area contributed by atoms with Crippen molar-refractivity contribution >= 4 is 56.4 Å². The molecular formula is C18H16Cl2N2O4S. The second kappa shape index (κ2) is 7.14. The summed E-state index contributed by atoms with van der Waals surface area (Å²) >= 11 is 12.2. The fourth-order valence-electron chi connectivity index (χ4n) is 2.83. The molecule has 142 valence electrons. The zero-order valence-electron chi connectivity index (χ0n) is 14.5. The first-order valence-electron chi connectivity index (χ1n) is 8.04. The van der Waals surface area contributed by atoms with Crippen LogP contribution in [0.2, 0.25) is 10.0 Å². The van der Waals surface area contributed by atoms with E-state index in [0.717, 1.165) is 4.31 Å². The van der Waals surface area contributed by atoms with Gasteiger partial charge in [0.1, 0.15) is 0 Å². The average molecular weight is 427 g/mol. The van der Waals surface area contributed by atoms with E-state index < -0.39 is 27.8 Å².